The second-order valence-corrected chi connectivity index (χ2v) is 5.71. The fourth-order valence-corrected chi connectivity index (χ4v) is 2.43. The third-order valence-electron chi connectivity index (χ3n) is 3.63. The van der Waals surface area contributed by atoms with Gasteiger partial charge < -0.3 is 9.47 Å². The topological polar surface area (TPSA) is 64.4 Å². The van der Waals surface area contributed by atoms with Gasteiger partial charge in [-0.1, -0.05) is 30.3 Å². The molecule has 3 aromatic rings. The maximum Gasteiger partial charge on any atom is 0.216 e. The summed E-state index contributed by atoms with van der Waals surface area (Å²) in [5.41, 5.74) is 2.15. The summed E-state index contributed by atoms with van der Waals surface area (Å²) in [5.74, 6) is 1.99. The van der Waals surface area contributed by atoms with Crippen LogP contribution in [0.4, 0.5) is 0 Å². The fourth-order valence-electron chi connectivity index (χ4n) is 2.23. The molecule has 3 rings (SSSR count). The van der Waals surface area contributed by atoms with E-state index in [1.165, 1.54) is 0 Å². The summed E-state index contributed by atoms with van der Waals surface area (Å²) < 4.78 is 12.9. The quantitative estimate of drug-likeness (QED) is 0.541. The van der Waals surface area contributed by atoms with Crippen LogP contribution in [0.15, 0.2) is 53.6 Å². The van der Waals surface area contributed by atoms with Gasteiger partial charge in [0.05, 0.1) is 13.3 Å². The Morgan fingerprint density at radius 2 is 2.00 bits per heavy atom. The van der Waals surface area contributed by atoms with Crippen LogP contribution in [0.2, 0.25) is 0 Å². The fraction of sp³-hybridized carbons (Fsp3) is 0.167. The van der Waals surface area contributed by atoms with Crippen molar-refractivity contribution in [1.82, 2.24) is 14.9 Å². The van der Waals surface area contributed by atoms with E-state index in [9.17, 15) is 0 Å². The van der Waals surface area contributed by atoms with Crippen LogP contribution >= 0.6 is 12.2 Å². The minimum Gasteiger partial charge on any atom is -0.497 e. The molecule has 0 radical (unpaired) electrons. The highest BCUT2D eigenvalue weighted by molar-refractivity contribution is 7.71. The van der Waals surface area contributed by atoms with Crippen LogP contribution in [0.3, 0.4) is 0 Å². The van der Waals surface area contributed by atoms with Crippen LogP contribution in [0, 0.1) is 11.7 Å². The van der Waals surface area contributed by atoms with Crippen LogP contribution in [-0.4, -0.2) is 28.2 Å². The molecule has 0 saturated heterocycles. The molecule has 1 heterocycles. The van der Waals surface area contributed by atoms with Crippen molar-refractivity contribution < 1.29 is 9.47 Å². The summed E-state index contributed by atoms with van der Waals surface area (Å²) in [4.78, 5) is 0. The summed E-state index contributed by atoms with van der Waals surface area (Å²) in [6.07, 6.45) is 1.76. The number of nitrogens with zero attached hydrogens (tertiary/aromatic N) is 3. The number of aryl methyl sites for hydroxylation is 1. The van der Waals surface area contributed by atoms with Gasteiger partial charge in [0.15, 0.2) is 5.82 Å². The molecule has 0 unspecified atom stereocenters. The van der Waals surface area contributed by atoms with E-state index in [-0.39, 0.29) is 6.61 Å². The third kappa shape index (κ3) is 4.13. The van der Waals surface area contributed by atoms with E-state index in [0.29, 0.717) is 16.3 Å². The lowest BCUT2D eigenvalue weighted by Gasteiger charge is -2.07. The number of aromatic amines is 1. The largest absolute Gasteiger partial charge is 0.497 e. The molecule has 0 saturated carbocycles. The lowest BCUT2D eigenvalue weighted by atomic mass is 10.1. The summed E-state index contributed by atoms with van der Waals surface area (Å²) in [6.45, 7) is 2.26. The summed E-state index contributed by atoms with van der Waals surface area (Å²) in [7, 11) is 1.62. The Hall–Kier alpha value is -2.93. The number of methoxy groups -OCH3 is 1. The number of hydrogen-bond donors (Lipinski definition) is 1. The second-order valence-electron chi connectivity index (χ2n) is 5.33. The first-order valence-electron chi connectivity index (χ1n) is 7.70. The van der Waals surface area contributed by atoms with Gasteiger partial charge in [-0.2, -0.15) is 14.9 Å². The molecule has 7 heteroatoms. The highest BCUT2D eigenvalue weighted by Crippen LogP contribution is 2.19. The van der Waals surface area contributed by atoms with E-state index in [1.54, 1.807) is 18.0 Å². The predicted molar refractivity (Wildman–Crippen MR) is 98.9 cm³/mol. The molecule has 2 aromatic carbocycles. The SMILES string of the molecule is COc1cccc(OCc2n[nH]c(=S)n2/N=C\c2ccccc2C)c1. The number of rotatable bonds is 6. The first-order valence-corrected chi connectivity index (χ1v) is 8.11. The van der Waals surface area contributed by atoms with Gasteiger partial charge in [-0.05, 0) is 42.4 Å². The van der Waals surface area contributed by atoms with Gasteiger partial charge in [0.1, 0.15) is 18.1 Å². The van der Waals surface area contributed by atoms with Gasteiger partial charge in [-0.15, -0.1) is 0 Å². The molecule has 0 fully saturated rings. The summed E-state index contributed by atoms with van der Waals surface area (Å²) in [5, 5.41) is 11.4. The van der Waals surface area contributed by atoms with Crippen molar-refractivity contribution in [3.05, 3.63) is 70.3 Å². The van der Waals surface area contributed by atoms with Crippen molar-refractivity contribution in [2.24, 2.45) is 5.10 Å². The molecule has 0 spiro atoms. The Bertz CT molecular complexity index is 946. The summed E-state index contributed by atoms with van der Waals surface area (Å²) >= 11 is 5.25. The van der Waals surface area contributed by atoms with Crippen molar-refractivity contribution in [3.8, 4) is 11.5 Å². The van der Waals surface area contributed by atoms with Crippen molar-refractivity contribution >= 4 is 18.4 Å². The lowest BCUT2D eigenvalue weighted by Crippen LogP contribution is -2.04. The van der Waals surface area contributed by atoms with Crippen LogP contribution in [0.5, 0.6) is 11.5 Å². The zero-order valence-electron chi connectivity index (χ0n) is 14.0. The van der Waals surface area contributed by atoms with E-state index in [4.69, 9.17) is 21.7 Å². The summed E-state index contributed by atoms with van der Waals surface area (Å²) in [6, 6.07) is 15.4. The molecule has 25 heavy (non-hydrogen) atoms. The van der Waals surface area contributed by atoms with E-state index >= 15 is 0 Å². The lowest BCUT2D eigenvalue weighted by molar-refractivity contribution is 0.288. The van der Waals surface area contributed by atoms with Crippen molar-refractivity contribution in [2.45, 2.75) is 13.5 Å². The number of hydrogen-bond acceptors (Lipinski definition) is 5. The average molecular weight is 354 g/mol. The van der Waals surface area contributed by atoms with E-state index in [1.807, 2.05) is 55.5 Å². The van der Waals surface area contributed by atoms with Crippen molar-refractivity contribution in [1.29, 1.82) is 0 Å². The zero-order valence-corrected chi connectivity index (χ0v) is 14.8. The Kier molecular flexibility index (Phi) is 5.25. The monoisotopic (exact) mass is 354 g/mol. The molecular formula is C18H18N4O2S. The molecule has 0 bridgehead atoms. The normalized spacial score (nSPS) is 11.0. The minimum absolute atomic E-state index is 0.228. The van der Waals surface area contributed by atoms with E-state index in [0.717, 1.165) is 16.9 Å². The second kappa shape index (κ2) is 7.76. The molecule has 0 aliphatic carbocycles. The Labute approximate surface area is 150 Å². The van der Waals surface area contributed by atoms with Gasteiger partial charge in [0.2, 0.25) is 4.77 Å². The van der Waals surface area contributed by atoms with E-state index in [2.05, 4.69) is 15.3 Å². The Morgan fingerprint density at radius 3 is 2.80 bits per heavy atom. The average Bonchev–Trinajstić information content (AvgIpc) is 2.99. The molecule has 0 aliphatic heterocycles. The van der Waals surface area contributed by atoms with Gasteiger partial charge in [-0.25, -0.2) is 5.10 Å². The number of benzene rings is 2. The number of ether oxygens (including phenoxy) is 2. The van der Waals surface area contributed by atoms with Crippen LogP contribution < -0.4 is 9.47 Å². The molecule has 1 N–H and O–H groups in total. The van der Waals surface area contributed by atoms with Crippen molar-refractivity contribution in [2.75, 3.05) is 7.11 Å². The minimum atomic E-state index is 0.228. The zero-order chi connectivity index (χ0) is 17.6. The maximum absolute atomic E-state index is 5.76. The Morgan fingerprint density at radius 1 is 1.20 bits per heavy atom. The van der Waals surface area contributed by atoms with Gasteiger partial charge >= 0.3 is 0 Å². The first-order chi connectivity index (χ1) is 12.2. The van der Waals surface area contributed by atoms with Crippen LogP contribution in [-0.2, 0) is 6.61 Å². The van der Waals surface area contributed by atoms with Gasteiger partial charge in [-0.3, -0.25) is 0 Å². The smallest absolute Gasteiger partial charge is 0.216 e. The third-order valence-corrected chi connectivity index (χ3v) is 3.89. The molecular weight excluding hydrogens is 336 g/mol. The van der Waals surface area contributed by atoms with Gasteiger partial charge in [0.25, 0.3) is 0 Å². The van der Waals surface area contributed by atoms with Crippen LogP contribution in [0.25, 0.3) is 0 Å². The molecule has 128 valence electrons. The number of nitrogens with one attached hydrogen (secondary N) is 1. The molecule has 1 aromatic heterocycles. The van der Waals surface area contributed by atoms with E-state index < -0.39 is 0 Å². The number of H-pyrrole nitrogens is 1. The highest BCUT2D eigenvalue weighted by Gasteiger charge is 2.07. The first kappa shape index (κ1) is 16.9. The Balaban J connectivity index is 1.77. The molecule has 0 aliphatic rings. The van der Waals surface area contributed by atoms with Crippen LogP contribution in [0.1, 0.15) is 17.0 Å². The molecule has 0 atom stereocenters. The molecule has 0 amide bonds. The predicted octanol–water partition coefficient (Wildman–Crippen LogP) is 3.72. The highest BCUT2D eigenvalue weighted by atomic mass is 32.1. The number of aromatic nitrogens is 3. The van der Waals surface area contributed by atoms with Gasteiger partial charge in [0, 0.05) is 6.07 Å². The standard InChI is InChI=1S/C18H18N4O2S/c1-13-6-3-4-7-14(13)11-19-22-17(20-21-18(22)25)12-24-16-9-5-8-15(10-16)23-2/h3-11H,12H2,1-2H3,(H,21,25)/b19-11-. The van der Waals surface area contributed by atoms with Crippen molar-refractivity contribution in [3.63, 3.8) is 0 Å². The molecule has 6 nitrogen and oxygen atoms in total. The maximum atomic E-state index is 5.76.